The number of aromatic nitrogens is 4. The molecule has 0 spiro atoms. The number of rotatable bonds is 8. The van der Waals surface area contributed by atoms with E-state index in [-0.39, 0.29) is 0 Å². The second-order valence-corrected chi connectivity index (χ2v) is 10.5. The Morgan fingerprint density at radius 2 is 1.08 bits per heavy atom. The van der Waals surface area contributed by atoms with Gasteiger partial charge in [0.15, 0.2) is 0 Å². The summed E-state index contributed by atoms with van der Waals surface area (Å²) in [5, 5.41) is 0. The van der Waals surface area contributed by atoms with Gasteiger partial charge in [0, 0.05) is 55.1 Å². The van der Waals surface area contributed by atoms with E-state index in [4.69, 9.17) is 11.5 Å². The van der Waals surface area contributed by atoms with Crippen molar-refractivity contribution in [1.82, 2.24) is 9.13 Å². The maximum absolute atomic E-state index is 5.85. The Bertz CT molecular complexity index is 1200. The van der Waals surface area contributed by atoms with E-state index >= 15 is 0 Å². The molecule has 2 atom stereocenters. The van der Waals surface area contributed by atoms with Crippen molar-refractivity contribution in [2.45, 2.75) is 44.4 Å². The Morgan fingerprint density at radius 3 is 1.51 bits per heavy atom. The zero-order valence-electron chi connectivity index (χ0n) is 21.4. The van der Waals surface area contributed by atoms with Crippen LogP contribution < -0.4 is 30.4 Å². The van der Waals surface area contributed by atoms with Crippen molar-refractivity contribution in [3.63, 3.8) is 0 Å². The average molecular weight is 499 g/mol. The number of nitrogens with two attached hydrogens (primary N) is 2. The van der Waals surface area contributed by atoms with E-state index < -0.39 is 0 Å². The van der Waals surface area contributed by atoms with E-state index in [1.54, 1.807) is 0 Å². The maximum atomic E-state index is 5.85. The molecule has 4 aromatic rings. The highest BCUT2D eigenvalue weighted by Crippen LogP contribution is 2.28. The van der Waals surface area contributed by atoms with Gasteiger partial charge >= 0.3 is 0 Å². The fourth-order valence-electron chi connectivity index (χ4n) is 5.76. The molecule has 2 aliphatic heterocycles. The van der Waals surface area contributed by atoms with Crippen LogP contribution in [0.15, 0.2) is 86.0 Å². The van der Waals surface area contributed by atoms with Crippen molar-refractivity contribution >= 4 is 22.7 Å². The van der Waals surface area contributed by atoms with Crippen LogP contribution in [0.25, 0.3) is 0 Å². The van der Waals surface area contributed by atoms with Crippen LogP contribution in [-0.4, -0.2) is 35.3 Å². The third-order valence-corrected chi connectivity index (χ3v) is 7.94. The molecule has 0 aliphatic carbocycles. The molecular weight excluding hydrogens is 460 g/mol. The van der Waals surface area contributed by atoms with Gasteiger partial charge < -0.3 is 21.3 Å². The monoisotopic (exact) mass is 498 g/mol. The maximum Gasteiger partial charge on any atom is 0.244 e. The SMILES string of the molecule is Nc1ccc(N2CCC(n3cc[n+](CCC[n+]4ccn(C5CCN(c6ccc(N)cc6)C5)c4)c3)C2)cc1. The third-order valence-electron chi connectivity index (χ3n) is 7.94. The predicted molar refractivity (Wildman–Crippen MR) is 147 cm³/mol. The molecule has 37 heavy (non-hydrogen) atoms. The van der Waals surface area contributed by atoms with Gasteiger partial charge in [-0.2, -0.15) is 0 Å². The zero-order chi connectivity index (χ0) is 25.2. The number of benzene rings is 2. The quantitative estimate of drug-likeness (QED) is 0.289. The van der Waals surface area contributed by atoms with Crippen molar-refractivity contribution in [3.8, 4) is 0 Å². The van der Waals surface area contributed by atoms with Crippen LogP contribution in [0.1, 0.15) is 31.3 Å². The Hall–Kier alpha value is -3.94. The third kappa shape index (κ3) is 5.28. The first-order valence-electron chi connectivity index (χ1n) is 13.4. The lowest BCUT2D eigenvalue weighted by molar-refractivity contribution is -0.726. The van der Waals surface area contributed by atoms with Crippen molar-refractivity contribution in [2.75, 3.05) is 47.4 Å². The molecule has 2 aromatic heterocycles. The van der Waals surface area contributed by atoms with Gasteiger partial charge in [-0.25, -0.2) is 18.3 Å². The van der Waals surface area contributed by atoms with E-state index in [1.807, 2.05) is 24.3 Å². The fraction of sp³-hybridized carbons (Fsp3) is 0.379. The second kappa shape index (κ2) is 10.2. The number of aryl methyl sites for hydroxylation is 2. The lowest BCUT2D eigenvalue weighted by atomic mass is 10.2. The minimum atomic E-state index is 0.515. The minimum absolute atomic E-state index is 0.515. The van der Waals surface area contributed by atoms with Gasteiger partial charge in [0.25, 0.3) is 0 Å². The standard InChI is InChI=1S/C29H38N8/c30-24-2-6-26(7-3-24)34-14-10-28(20-34)36-18-16-32(22-36)12-1-13-33-17-19-37(23-33)29-11-15-35(21-29)27-8-4-25(31)5-9-27/h2-9,16-19,22-23,28-29H,1,10-15,20-21,30-31H2/q+2. The molecule has 4 N–H and O–H groups in total. The summed E-state index contributed by atoms with van der Waals surface area (Å²) in [6, 6.07) is 17.5. The number of anilines is 4. The first-order valence-corrected chi connectivity index (χ1v) is 13.4. The smallest absolute Gasteiger partial charge is 0.244 e. The van der Waals surface area contributed by atoms with E-state index in [1.165, 1.54) is 24.2 Å². The van der Waals surface area contributed by atoms with Gasteiger partial charge in [0.05, 0.1) is 26.2 Å². The van der Waals surface area contributed by atoms with E-state index in [0.29, 0.717) is 12.1 Å². The molecule has 4 heterocycles. The molecule has 2 fully saturated rings. The summed E-state index contributed by atoms with van der Waals surface area (Å²) >= 11 is 0. The zero-order valence-corrected chi connectivity index (χ0v) is 21.4. The summed E-state index contributed by atoms with van der Waals surface area (Å²) in [6.45, 7) is 6.29. The molecule has 8 heteroatoms. The highest BCUT2D eigenvalue weighted by Gasteiger charge is 2.29. The molecule has 2 saturated heterocycles. The molecule has 2 aliphatic rings. The lowest BCUT2D eigenvalue weighted by Gasteiger charge is -2.17. The van der Waals surface area contributed by atoms with Crippen LogP contribution in [0.3, 0.4) is 0 Å². The van der Waals surface area contributed by atoms with Crippen molar-refractivity contribution in [1.29, 1.82) is 0 Å². The number of nitrogens with zero attached hydrogens (tertiary/aromatic N) is 6. The Labute approximate surface area is 219 Å². The topological polar surface area (TPSA) is 76.1 Å². The highest BCUT2D eigenvalue weighted by molar-refractivity contribution is 5.54. The summed E-state index contributed by atoms with van der Waals surface area (Å²) in [7, 11) is 0. The minimum Gasteiger partial charge on any atom is -0.399 e. The molecule has 0 amide bonds. The van der Waals surface area contributed by atoms with Gasteiger partial charge in [0.1, 0.15) is 36.9 Å². The Balaban J connectivity index is 0.975. The Kier molecular flexibility index (Phi) is 6.47. The van der Waals surface area contributed by atoms with Crippen molar-refractivity contribution in [2.24, 2.45) is 0 Å². The second-order valence-electron chi connectivity index (χ2n) is 10.5. The number of nitrogen functional groups attached to an aromatic ring is 2. The molecule has 8 nitrogen and oxygen atoms in total. The van der Waals surface area contributed by atoms with Crippen LogP contribution in [0, 0.1) is 0 Å². The van der Waals surface area contributed by atoms with Crippen LogP contribution in [-0.2, 0) is 13.1 Å². The van der Waals surface area contributed by atoms with Crippen LogP contribution in [0.4, 0.5) is 22.7 Å². The number of imidazole rings is 2. The highest BCUT2D eigenvalue weighted by atomic mass is 15.2. The molecule has 0 saturated carbocycles. The summed E-state index contributed by atoms with van der Waals surface area (Å²) < 4.78 is 9.41. The van der Waals surface area contributed by atoms with Crippen LogP contribution in [0.5, 0.6) is 0 Å². The molecule has 192 valence electrons. The largest absolute Gasteiger partial charge is 0.399 e. The van der Waals surface area contributed by atoms with E-state index in [9.17, 15) is 0 Å². The summed E-state index contributed by atoms with van der Waals surface area (Å²) in [6.07, 6.45) is 16.9. The number of hydrogen-bond acceptors (Lipinski definition) is 4. The van der Waals surface area contributed by atoms with Gasteiger partial charge in [-0.1, -0.05) is 0 Å². The Morgan fingerprint density at radius 1 is 0.649 bits per heavy atom. The van der Waals surface area contributed by atoms with Gasteiger partial charge in [-0.15, -0.1) is 0 Å². The molecule has 2 unspecified atom stereocenters. The average Bonchev–Trinajstić information content (AvgIpc) is 3.72. The van der Waals surface area contributed by atoms with E-state index in [0.717, 1.165) is 57.1 Å². The first-order chi connectivity index (χ1) is 18.1. The molecule has 0 bridgehead atoms. The summed E-state index contributed by atoms with van der Waals surface area (Å²) in [4.78, 5) is 4.91. The van der Waals surface area contributed by atoms with Crippen LogP contribution in [0.2, 0.25) is 0 Å². The summed E-state index contributed by atoms with van der Waals surface area (Å²) in [5.74, 6) is 0. The molecule has 6 rings (SSSR count). The van der Waals surface area contributed by atoms with Gasteiger partial charge in [0.2, 0.25) is 12.7 Å². The van der Waals surface area contributed by atoms with Gasteiger partial charge in [-0.05, 0) is 48.5 Å². The normalized spacial score (nSPS) is 19.7. The molecule has 2 aromatic carbocycles. The molecule has 0 radical (unpaired) electrons. The van der Waals surface area contributed by atoms with E-state index in [2.05, 4.69) is 89.8 Å². The molecular formula is C29H38N8+2. The predicted octanol–water partition coefficient (Wildman–Crippen LogP) is 3.02. The lowest BCUT2D eigenvalue weighted by Crippen LogP contribution is -2.37. The summed E-state index contributed by atoms with van der Waals surface area (Å²) in [5.41, 5.74) is 15.9. The van der Waals surface area contributed by atoms with Crippen LogP contribution >= 0.6 is 0 Å². The first kappa shape index (κ1) is 23.5. The fourth-order valence-corrected chi connectivity index (χ4v) is 5.76. The van der Waals surface area contributed by atoms with Crippen molar-refractivity contribution < 1.29 is 9.13 Å². The van der Waals surface area contributed by atoms with Gasteiger partial charge in [-0.3, -0.25) is 0 Å². The number of hydrogen-bond donors (Lipinski definition) is 2. The van der Waals surface area contributed by atoms with Crippen molar-refractivity contribution in [3.05, 3.63) is 86.0 Å².